The van der Waals surface area contributed by atoms with E-state index < -0.39 is 0 Å². The molecule has 19 heteroatoms. The number of halogens is 5. The van der Waals surface area contributed by atoms with Crippen LogP contribution in [-0.2, 0) is 0 Å². The van der Waals surface area contributed by atoms with Crippen LogP contribution in [-0.4, -0.2) is 40.1 Å². The quantitative estimate of drug-likeness (QED) is 0.0786. The fourth-order valence-corrected chi connectivity index (χ4v) is 4.72. The minimum atomic E-state index is -0.0120. The third kappa shape index (κ3) is 13.1. The minimum absolute atomic E-state index is 0. The van der Waals surface area contributed by atoms with Crippen LogP contribution in [0, 0.1) is 0 Å². The Morgan fingerprint density at radius 2 is 1.13 bits per heavy atom. The molecule has 0 fully saturated rings. The first-order valence-corrected chi connectivity index (χ1v) is 16.9. The monoisotopic (exact) mass is 840 g/mol. The number of ether oxygens (including phenoxy) is 2. The summed E-state index contributed by atoms with van der Waals surface area (Å²) in [5.41, 5.74) is 12.4. The SMILES string of the molecule is Cl.Nc1ncc(Oc2ccc(Cl)cc2)c(Nc2ccc(O)c(Cl)c2)n1.Nc1ncc(Oc2ccc(Cl)cc2)c(Nc2ccc(O)cc2Cl)n1.c1cncnc1. The highest BCUT2D eigenvalue weighted by Crippen LogP contribution is 2.35. The van der Waals surface area contributed by atoms with Crippen molar-refractivity contribution in [2.24, 2.45) is 0 Å². The van der Waals surface area contributed by atoms with E-state index in [0.29, 0.717) is 61.1 Å². The zero-order valence-corrected chi connectivity index (χ0v) is 31.9. The van der Waals surface area contributed by atoms with Gasteiger partial charge in [-0.05, 0) is 84.9 Å². The van der Waals surface area contributed by atoms with Crippen LogP contribution < -0.4 is 31.6 Å². The molecule has 3 aromatic heterocycles. The zero-order chi connectivity index (χ0) is 38.5. The fraction of sp³-hybridized carbons (Fsp3) is 0. The number of aromatic nitrogens is 6. The molecule has 4 aromatic carbocycles. The average Bonchev–Trinajstić information content (AvgIpc) is 3.16. The minimum Gasteiger partial charge on any atom is -0.508 e. The summed E-state index contributed by atoms with van der Waals surface area (Å²) < 4.78 is 11.5. The maximum absolute atomic E-state index is 9.48. The molecule has 55 heavy (non-hydrogen) atoms. The van der Waals surface area contributed by atoms with Crippen LogP contribution in [0.1, 0.15) is 0 Å². The Kier molecular flexibility index (Phi) is 15.5. The predicted molar refractivity (Wildman–Crippen MR) is 218 cm³/mol. The molecule has 0 unspecified atom stereocenters. The predicted octanol–water partition coefficient (Wildman–Crippen LogP) is 10.1. The molecular weight excluding hydrogens is 814 g/mol. The van der Waals surface area contributed by atoms with Gasteiger partial charge in [0.15, 0.2) is 23.1 Å². The summed E-state index contributed by atoms with van der Waals surface area (Å²) in [6.07, 6.45) is 7.79. The number of anilines is 6. The number of hydrogen-bond donors (Lipinski definition) is 6. The molecule has 0 amide bonds. The molecule has 14 nitrogen and oxygen atoms in total. The van der Waals surface area contributed by atoms with Crippen molar-refractivity contribution in [1.29, 1.82) is 0 Å². The van der Waals surface area contributed by atoms with Crippen molar-refractivity contribution in [2.45, 2.75) is 0 Å². The largest absolute Gasteiger partial charge is 0.508 e. The van der Waals surface area contributed by atoms with Crippen LogP contribution >= 0.6 is 58.8 Å². The van der Waals surface area contributed by atoms with Crippen molar-refractivity contribution in [3.63, 3.8) is 0 Å². The van der Waals surface area contributed by atoms with E-state index in [1.165, 1.54) is 36.9 Å². The number of nitrogen functional groups attached to an aromatic ring is 2. The molecule has 0 radical (unpaired) electrons. The second-order valence-electron chi connectivity index (χ2n) is 10.5. The van der Waals surface area contributed by atoms with Gasteiger partial charge in [0.1, 0.15) is 29.3 Å². The molecule has 0 aliphatic carbocycles. The van der Waals surface area contributed by atoms with Gasteiger partial charge in [-0.3, -0.25) is 0 Å². The van der Waals surface area contributed by atoms with Gasteiger partial charge in [0.2, 0.25) is 11.9 Å². The number of nitrogens with zero attached hydrogens (tertiary/aromatic N) is 6. The topological polar surface area (TPSA) is 212 Å². The van der Waals surface area contributed by atoms with Crippen LogP contribution in [0.15, 0.2) is 122 Å². The molecule has 282 valence electrons. The number of benzene rings is 4. The van der Waals surface area contributed by atoms with Crippen LogP contribution in [0.3, 0.4) is 0 Å². The highest BCUT2D eigenvalue weighted by atomic mass is 35.5. The van der Waals surface area contributed by atoms with Gasteiger partial charge in [-0.25, -0.2) is 19.9 Å². The maximum Gasteiger partial charge on any atom is 0.222 e. The molecule has 0 spiro atoms. The molecule has 7 aromatic rings. The Bertz CT molecular complexity index is 2270. The summed E-state index contributed by atoms with van der Waals surface area (Å²) in [6, 6.07) is 24.7. The third-order valence-corrected chi connectivity index (χ3v) is 7.64. The second kappa shape index (κ2) is 20.4. The zero-order valence-electron chi connectivity index (χ0n) is 28.0. The molecule has 0 bridgehead atoms. The van der Waals surface area contributed by atoms with E-state index in [4.69, 9.17) is 67.3 Å². The van der Waals surface area contributed by atoms with Gasteiger partial charge >= 0.3 is 0 Å². The number of nitrogens with two attached hydrogens (primary N) is 2. The first-order chi connectivity index (χ1) is 26.0. The molecule has 7 rings (SSSR count). The van der Waals surface area contributed by atoms with Crippen molar-refractivity contribution in [3.05, 3.63) is 142 Å². The van der Waals surface area contributed by atoms with Gasteiger partial charge in [-0.15, -0.1) is 12.4 Å². The number of rotatable bonds is 8. The lowest BCUT2D eigenvalue weighted by molar-refractivity contribution is 0.475. The lowest BCUT2D eigenvalue weighted by Crippen LogP contribution is -2.02. The summed E-state index contributed by atoms with van der Waals surface area (Å²) in [4.78, 5) is 23.5. The van der Waals surface area contributed by atoms with Crippen molar-refractivity contribution in [2.75, 3.05) is 22.1 Å². The highest BCUT2D eigenvalue weighted by Gasteiger charge is 2.13. The van der Waals surface area contributed by atoms with E-state index in [1.807, 2.05) is 0 Å². The van der Waals surface area contributed by atoms with Gasteiger partial charge in [0, 0.05) is 34.2 Å². The van der Waals surface area contributed by atoms with Crippen LogP contribution in [0.25, 0.3) is 0 Å². The number of phenolic OH excluding ortho intramolecular Hbond substituents is 2. The summed E-state index contributed by atoms with van der Waals surface area (Å²) in [5, 5.41) is 26.7. The summed E-state index contributed by atoms with van der Waals surface area (Å²) in [7, 11) is 0. The Hall–Kier alpha value is -6.03. The van der Waals surface area contributed by atoms with Gasteiger partial charge in [-0.1, -0.05) is 46.4 Å². The van der Waals surface area contributed by atoms with Crippen molar-refractivity contribution >= 4 is 93.7 Å². The molecule has 3 heterocycles. The first kappa shape index (κ1) is 41.7. The molecule has 0 aliphatic heterocycles. The lowest BCUT2D eigenvalue weighted by atomic mass is 10.3. The average molecular weight is 843 g/mol. The summed E-state index contributed by atoms with van der Waals surface area (Å²) in [6.45, 7) is 0. The van der Waals surface area contributed by atoms with Crippen LogP contribution in [0.4, 0.5) is 34.9 Å². The molecular formula is C36H29Cl5N10O4. The highest BCUT2D eigenvalue weighted by molar-refractivity contribution is 6.33. The molecule has 0 aliphatic rings. The Balaban J connectivity index is 0.000000209. The van der Waals surface area contributed by atoms with E-state index in [9.17, 15) is 10.2 Å². The van der Waals surface area contributed by atoms with Gasteiger partial charge < -0.3 is 41.8 Å². The Morgan fingerprint density at radius 1 is 0.600 bits per heavy atom. The van der Waals surface area contributed by atoms with Crippen LogP contribution in [0.5, 0.6) is 34.5 Å². The second-order valence-corrected chi connectivity index (χ2v) is 12.2. The van der Waals surface area contributed by atoms with E-state index in [-0.39, 0.29) is 40.8 Å². The molecule has 0 saturated heterocycles. The summed E-state index contributed by atoms with van der Waals surface area (Å²) >= 11 is 23.7. The number of hydrogen-bond acceptors (Lipinski definition) is 14. The van der Waals surface area contributed by atoms with Crippen molar-refractivity contribution < 1.29 is 19.7 Å². The first-order valence-electron chi connectivity index (χ1n) is 15.4. The smallest absolute Gasteiger partial charge is 0.222 e. The molecule has 8 N–H and O–H groups in total. The summed E-state index contributed by atoms with van der Waals surface area (Å²) in [5.74, 6) is 2.77. The fourth-order valence-electron chi connectivity index (χ4n) is 4.06. The van der Waals surface area contributed by atoms with E-state index in [2.05, 4.69) is 40.5 Å². The Morgan fingerprint density at radius 3 is 1.58 bits per heavy atom. The molecule has 0 atom stereocenters. The normalized spacial score (nSPS) is 9.96. The standard InChI is InChI=1S/2C16H12Cl2N4O2.C4H4N2.ClH/c17-9-1-4-11(5-2-9)24-14-8-20-16(19)22-15(14)21-13-6-3-10(23)7-12(13)18;17-9-1-4-11(5-2-9)24-14-8-20-16(19)22-15(14)21-10-3-6-13(23)12(18)7-10;1-2-5-4-6-3-1;/h2*1-8,23H,(H3,19,20,21,22);1-4H;1H. The van der Waals surface area contributed by atoms with Crippen molar-refractivity contribution in [3.8, 4) is 34.5 Å². The van der Waals surface area contributed by atoms with Crippen molar-refractivity contribution in [1.82, 2.24) is 29.9 Å². The Labute approximate surface area is 340 Å². The molecule has 0 saturated carbocycles. The van der Waals surface area contributed by atoms with E-state index in [0.717, 1.165) is 0 Å². The van der Waals surface area contributed by atoms with Crippen LogP contribution in [0.2, 0.25) is 20.1 Å². The third-order valence-electron chi connectivity index (χ3n) is 6.52. The van der Waals surface area contributed by atoms with E-state index in [1.54, 1.807) is 85.2 Å². The van der Waals surface area contributed by atoms with Gasteiger partial charge in [-0.2, -0.15) is 9.97 Å². The van der Waals surface area contributed by atoms with Gasteiger partial charge in [0.05, 0.1) is 28.1 Å². The number of aromatic hydroxyl groups is 2. The number of nitrogens with one attached hydrogen (secondary N) is 2. The maximum atomic E-state index is 9.48. The van der Waals surface area contributed by atoms with Gasteiger partial charge in [0.25, 0.3) is 0 Å². The number of phenols is 2. The lowest BCUT2D eigenvalue weighted by Gasteiger charge is -2.13. The van der Waals surface area contributed by atoms with E-state index >= 15 is 0 Å².